The first-order valence-corrected chi connectivity index (χ1v) is 49.8. The molecule has 1 saturated heterocycles. The molecule has 0 bridgehead atoms. The van der Waals surface area contributed by atoms with Crippen LogP contribution in [0.5, 0.6) is 0 Å². The van der Waals surface area contributed by atoms with Gasteiger partial charge in [-0.05, 0) is 68.8 Å². The molecule has 0 aromatic heterocycles. The molecule has 0 amide bonds. The van der Waals surface area contributed by atoms with Crippen LogP contribution in [-0.4, -0.2) is 90.2 Å². The van der Waals surface area contributed by atoms with Crippen LogP contribution in [0.25, 0.3) is 33.4 Å². The van der Waals surface area contributed by atoms with Gasteiger partial charge in [0.05, 0.1) is 6.63 Å². The molecule has 52 heavy (non-hydrogen) atoms. The third-order valence-corrected chi connectivity index (χ3v) is 172. The summed E-state index contributed by atoms with van der Waals surface area (Å²) in [4.78, 5) is 0. The zero-order valence-electron chi connectivity index (χ0n) is 36.6. The Morgan fingerprint density at radius 1 is 0.481 bits per heavy atom. The first-order valence-electron chi connectivity index (χ1n) is 19.5. The molecule has 2 atom stereocenters. The second-order valence-corrected chi connectivity index (χ2v) is 109. The third kappa shape index (κ3) is 5.85. The van der Waals surface area contributed by atoms with E-state index in [9.17, 15) is 0 Å². The lowest BCUT2D eigenvalue weighted by Crippen LogP contribution is -2.88. The van der Waals surface area contributed by atoms with Crippen LogP contribution >= 0.6 is 24.8 Å². The second kappa shape index (κ2) is 12.5. The van der Waals surface area contributed by atoms with E-state index in [2.05, 4.69) is 220 Å². The van der Waals surface area contributed by atoms with Gasteiger partial charge in [-0.2, -0.15) is 0 Å². The Labute approximate surface area is 326 Å². The smallest absolute Gasteiger partial charge is 0.207 e. The predicted octanol–water partition coefficient (Wildman–Crippen LogP) is 12.1. The van der Waals surface area contributed by atoms with Crippen LogP contribution in [-0.2, 0) is 0 Å². The van der Waals surface area contributed by atoms with Crippen molar-refractivity contribution in [3.05, 3.63) is 97.1 Å². The highest BCUT2D eigenvalue weighted by molar-refractivity contribution is 9.63. The molecule has 1 heterocycles. The van der Waals surface area contributed by atoms with Crippen molar-refractivity contribution in [2.24, 2.45) is 0 Å². The molecule has 290 valence electrons. The molecular formula is C44H76S3Si5. The van der Waals surface area contributed by atoms with E-state index in [0.717, 1.165) is 5.25 Å². The van der Waals surface area contributed by atoms with Gasteiger partial charge in [-0.3, -0.25) is 16.3 Å². The highest BCUT2D eigenvalue weighted by Crippen LogP contribution is 3.21. The molecule has 0 N–H and O–H groups in total. The summed E-state index contributed by atoms with van der Waals surface area (Å²) in [6, 6.07) is 38.7. The molecule has 1 fully saturated rings. The summed E-state index contributed by atoms with van der Waals surface area (Å²) in [6.45, 7) is 27.7. The molecule has 4 aromatic carbocycles. The van der Waals surface area contributed by atoms with Gasteiger partial charge in [-0.25, -0.2) is 8.51 Å². The fourth-order valence-electron chi connectivity index (χ4n) is 13.6. The molecule has 0 saturated carbocycles. The number of hydrogen-bond donors (Lipinski definition) is 2. The lowest BCUT2D eigenvalue weighted by molar-refractivity contribution is 1.11. The van der Waals surface area contributed by atoms with Gasteiger partial charge < -0.3 is 0 Å². The minimum atomic E-state index is -1.88. The van der Waals surface area contributed by atoms with Crippen molar-refractivity contribution in [2.75, 3.05) is 50.0 Å². The van der Waals surface area contributed by atoms with Crippen LogP contribution in [0.2, 0.25) is 58.9 Å². The van der Waals surface area contributed by atoms with E-state index in [1.54, 1.807) is 10.4 Å². The maximum Gasteiger partial charge on any atom is 0.207 e. The van der Waals surface area contributed by atoms with Crippen molar-refractivity contribution in [3.63, 3.8) is 0 Å². The van der Waals surface area contributed by atoms with Crippen LogP contribution in [0.4, 0.5) is 0 Å². The fraction of sp³-hybridized carbons (Fsp3) is 0.455. The average molecular weight is 842 g/mol. The SMILES string of the molecule is CC(C)S1(C)[Si](c2ccc(-c3ccc(-c4ccc(-c5ccc([Si]([Si](C)(C)C)([Si](C)(C)C)[Si](C)(C)C)cc5)cc4)cc3)cc2)([SH](C)(C)(C)C)[SH]1(C)(C)C. The van der Waals surface area contributed by atoms with Gasteiger partial charge in [0.1, 0.15) is 0 Å². The standard InChI is InChI=1S/C44H76S3Si5/c1-36(2)45(3)47(8,9,10)51(45,46(4,5,6)7)43-32-28-41(29-33-43)39-24-20-37(21-25-39)38-22-26-40(27-23-38)42-30-34-44(35-31-42)52(48(11,12)13,49(14,15)16)50(17,18)19/h20-36,46-47H,1-19H3. The maximum absolute atomic E-state index is 2.78. The van der Waals surface area contributed by atoms with Crippen LogP contribution in [0.3, 0.4) is 0 Å². The molecule has 5 rings (SSSR count). The lowest BCUT2D eigenvalue weighted by Gasteiger charge is -2.58. The van der Waals surface area contributed by atoms with Crippen molar-refractivity contribution < 1.29 is 0 Å². The highest BCUT2D eigenvalue weighted by Gasteiger charge is 2.88. The van der Waals surface area contributed by atoms with E-state index in [1.165, 1.54) is 33.4 Å². The van der Waals surface area contributed by atoms with Gasteiger partial charge in [0, 0.05) is 22.8 Å². The van der Waals surface area contributed by atoms with Crippen LogP contribution < -0.4 is 10.4 Å². The van der Waals surface area contributed by atoms with Crippen molar-refractivity contribution in [1.82, 2.24) is 0 Å². The Balaban J connectivity index is 1.40. The van der Waals surface area contributed by atoms with E-state index < -0.39 is 59.7 Å². The van der Waals surface area contributed by atoms with Crippen molar-refractivity contribution in [1.29, 1.82) is 0 Å². The molecule has 8 heteroatoms. The Morgan fingerprint density at radius 3 is 0.942 bits per heavy atom. The van der Waals surface area contributed by atoms with E-state index >= 15 is 0 Å². The van der Waals surface area contributed by atoms with Gasteiger partial charge in [-0.15, -0.1) is 0 Å². The first kappa shape index (κ1) is 42.2. The number of benzene rings is 4. The summed E-state index contributed by atoms with van der Waals surface area (Å²) in [5.74, 6) is 0. The quantitative estimate of drug-likeness (QED) is 0.0676. The van der Waals surface area contributed by atoms with E-state index in [-0.39, 0.29) is 0 Å². The summed E-state index contributed by atoms with van der Waals surface area (Å²) in [6.07, 6.45) is 22.0. The number of hydrogen-bond acceptors (Lipinski definition) is 0. The van der Waals surface area contributed by atoms with Crippen molar-refractivity contribution in [3.8, 4) is 33.4 Å². The van der Waals surface area contributed by atoms with Crippen LogP contribution in [0.15, 0.2) is 97.1 Å². The Hall–Kier alpha value is -0.986. The second-order valence-electron chi connectivity index (χ2n) is 22.6. The summed E-state index contributed by atoms with van der Waals surface area (Å²) in [5, 5.41) is 4.32. The normalized spacial score (nSPS) is 24.9. The summed E-state index contributed by atoms with van der Waals surface area (Å²) < 4.78 is 0. The zero-order valence-corrected chi connectivity index (χ0v) is 44.2. The van der Waals surface area contributed by atoms with Gasteiger partial charge in [-0.1, -0.05) is 200 Å². The molecule has 0 nitrogen and oxygen atoms in total. The van der Waals surface area contributed by atoms with Crippen LogP contribution in [0.1, 0.15) is 13.8 Å². The minimum absolute atomic E-state index is 0.666. The Kier molecular flexibility index (Phi) is 10.1. The molecule has 1 aliphatic heterocycles. The Bertz CT molecular complexity index is 1900. The molecule has 2 unspecified atom stereocenters. The topological polar surface area (TPSA) is 0 Å². The van der Waals surface area contributed by atoms with Crippen LogP contribution in [0, 0.1) is 0 Å². The van der Waals surface area contributed by atoms with Gasteiger partial charge >= 0.3 is 0 Å². The van der Waals surface area contributed by atoms with Gasteiger partial charge in [0.25, 0.3) is 0 Å². The average Bonchev–Trinajstić information content (AvgIpc) is 3.38. The number of rotatable bonds is 10. The summed E-state index contributed by atoms with van der Waals surface area (Å²) in [7, 11) is -8.51. The van der Waals surface area contributed by atoms with Gasteiger partial charge in [0.15, 0.2) is 0 Å². The fourth-order valence-corrected chi connectivity index (χ4v) is 267. The maximum atomic E-state index is 2.78. The minimum Gasteiger partial charge on any atom is -0.282 e. The van der Waals surface area contributed by atoms with E-state index in [0.29, 0.717) is 0 Å². The molecule has 0 radical (unpaired) electrons. The lowest BCUT2D eigenvalue weighted by atomic mass is 9.98. The largest absolute Gasteiger partial charge is 0.282 e. The van der Waals surface area contributed by atoms with Gasteiger partial charge in [0.2, 0.25) is 5.52 Å². The molecule has 0 spiro atoms. The highest BCUT2D eigenvalue weighted by atomic mass is 33.6. The van der Waals surface area contributed by atoms with E-state index in [4.69, 9.17) is 0 Å². The van der Waals surface area contributed by atoms with E-state index in [1.807, 2.05) is 0 Å². The molecule has 4 aromatic rings. The third-order valence-electron chi connectivity index (χ3n) is 13.8. The first-order chi connectivity index (χ1) is 23.4. The summed E-state index contributed by atoms with van der Waals surface area (Å²) in [5.41, 5.74) is 6.16. The number of thiol groups is 2. The zero-order chi connectivity index (χ0) is 39.4. The Morgan fingerprint density at radius 2 is 0.731 bits per heavy atom. The monoisotopic (exact) mass is 840 g/mol. The molecule has 1 aliphatic rings. The van der Waals surface area contributed by atoms with Crippen molar-refractivity contribution in [2.45, 2.75) is 78.0 Å². The summed E-state index contributed by atoms with van der Waals surface area (Å²) >= 11 is 0. The predicted molar refractivity (Wildman–Crippen MR) is 272 cm³/mol. The van der Waals surface area contributed by atoms with Crippen molar-refractivity contribution >= 4 is 70.1 Å². The molecular weight excluding hydrogens is 765 g/mol. The molecule has 0 aliphatic carbocycles.